The Labute approximate surface area is 183 Å². The molecule has 0 spiro atoms. The molecular weight excluding hydrogens is 418 g/mol. The van der Waals surface area contributed by atoms with Crippen molar-refractivity contribution < 1.29 is 9.53 Å². The lowest BCUT2D eigenvalue weighted by molar-refractivity contribution is 0.100. The van der Waals surface area contributed by atoms with Crippen LogP contribution in [0.3, 0.4) is 0 Å². The molecule has 1 saturated heterocycles. The average Bonchev–Trinajstić information content (AvgIpc) is 3.13. The highest BCUT2D eigenvalue weighted by atomic mass is 35.5. The maximum Gasteiger partial charge on any atom is 0.254 e. The van der Waals surface area contributed by atoms with Gasteiger partial charge in [0.15, 0.2) is 6.19 Å². The number of halogens is 1. The Morgan fingerprint density at radius 1 is 1.26 bits per heavy atom. The molecule has 1 atom stereocenters. The Hall–Kier alpha value is -3.77. The molecule has 1 aliphatic rings. The van der Waals surface area contributed by atoms with Gasteiger partial charge in [0.25, 0.3) is 5.91 Å². The van der Waals surface area contributed by atoms with Crippen LogP contribution in [-0.2, 0) is 0 Å². The third-order valence-electron chi connectivity index (χ3n) is 5.13. The fourth-order valence-corrected chi connectivity index (χ4v) is 3.75. The van der Waals surface area contributed by atoms with Crippen LogP contribution in [0.15, 0.2) is 42.6 Å². The zero-order valence-electron chi connectivity index (χ0n) is 16.5. The number of nitrogen functional groups attached to an aromatic ring is 1. The standard InChI is InChI=1S/C21H20ClN7O2/c22-14-5-8-17(26-10-14)31-16-6-3-13(4-7-16)19-18(21(25)30)20(24)29(27-19)15-2-1-9-28(11-15)12-23/h3-8,10,15H,1-2,9,11,24H2,(H2,25,30)/t15-/m0/s1. The van der Waals surface area contributed by atoms with Gasteiger partial charge in [-0.05, 0) is 43.2 Å². The van der Waals surface area contributed by atoms with E-state index >= 15 is 0 Å². The number of anilines is 1. The minimum absolute atomic E-state index is 0.112. The molecule has 0 saturated carbocycles. The Kier molecular flexibility index (Phi) is 5.64. The lowest BCUT2D eigenvalue weighted by Crippen LogP contribution is -2.34. The first-order valence-electron chi connectivity index (χ1n) is 9.68. The number of nitrogens with zero attached hydrogens (tertiary/aromatic N) is 5. The van der Waals surface area contributed by atoms with Crippen LogP contribution >= 0.6 is 11.6 Å². The molecule has 0 radical (unpaired) electrons. The topological polar surface area (TPSA) is 136 Å². The average molecular weight is 438 g/mol. The minimum Gasteiger partial charge on any atom is -0.439 e. The maximum atomic E-state index is 12.2. The van der Waals surface area contributed by atoms with Gasteiger partial charge in [-0.15, -0.1) is 0 Å². The number of pyridine rings is 1. The second-order valence-corrected chi connectivity index (χ2v) is 7.64. The number of aromatic nitrogens is 3. The second-order valence-electron chi connectivity index (χ2n) is 7.20. The van der Waals surface area contributed by atoms with Crippen molar-refractivity contribution in [1.29, 1.82) is 5.26 Å². The normalized spacial score (nSPS) is 16.0. The van der Waals surface area contributed by atoms with Gasteiger partial charge in [-0.2, -0.15) is 10.4 Å². The van der Waals surface area contributed by atoms with Crippen molar-refractivity contribution in [3.05, 3.63) is 53.2 Å². The number of carbonyl (C=O) groups excluding carboxylic acids is 1. The molecule has 4 rings (SSSR count). The third kappa shape index (κ3) is 4.25. The van der Waals surface area contributed by atoms with Crippen molar-refractivity contribution in [2.45, 2.75) is 18.9 Å². The van der Waals surface area contributed by atoms with E-state index in [0.29, 0.717) is 41.0 Å². The van der Waals surface area contributed by atoms with Crippen molar-refractivity contribution in [2.24, 2.45) is 5.73 Å². The number of likely N-dealkylation sites (tertiary alicyclic amines) is 1. The van der Waals surface area contributed by atoms with Crippen LogP contribution < -0.4 is 16.2 Å². The quantitative estimate of drug-likeness (QED) is 0.585. The van der Waals surface area contributed by atoms with Gasteiger partial charge in [-0.25, -0.2) is 9.67 Å². The van der Waals surface area contributed by atoms with Gasteiger partial charge < -0.3 is 21.1 Å². The highest BCUT2D eigenvalue weighted by Gasteiger charge is 2.28. The number of hydrogen-bond donors (Lipinski definition) is 2. The Bertz CT molecular complexity index is 1140. The molecular formula is C21H20ClN7O2. The van der Waals surface area contributed by atoms with E-state index in [1.165, 1.54) is 6.20 Å². The number of benzene rings is 1. The van der Waals surface area contributed by atoms with E-state index in [1.54, 1.807) is 46.0 Å². The predicted molar refractivity (Wildman–Crippen MR) is 115 cm³/mol. The van der Waals surface area contributed by atoms with Gasteiger partial charge in [0.2, 0.25) is 5.88 Å². The van der Waals surface area contributed by atoms with Gasteiger partial charge in [-0.3, -0.25) is 4.79 Å². The number of hydrogen-bond acceptors (Lipinski definition) is 7. The van der Waals surface area contributed by atoms with Crippen LogP contribution in [0.2, 0.25) is 5.02 Å². The number of ether oxygens (including phenoxy) is 1. The molecule has 3 aromatic rings. The van der Waals surface area contributed by atoms with Crippen LogP contribution in [0.1, 0.15) is 29.2 Å². The Balaban J connectivity index is 1.63. The van der Waals surface area contributed by atoms with Crippen molar-refractivity contribution in [1.82, 2.24) is 19.7 Å². The largest absolute Gasteiger partial charge is 0.439 e. The minimum atomic E-state index is -0.655. The summed E-state index contributed by atoms with van der Waals surface area (Å²) in [5.74, 6) is 0.516. The molecule has 2 aromatic heterocycles. The number of nitrogens with two attached hydrogens (primary N) is 2. The fourth-order valence-electron chi connectivity index (χ4n) is 3.64. The summed E-state index contributed by atoms with van der Waals surface area (Å²) >= 11 is 5.84. The smallest absolute Gasteiger partial charge is 0.254 e. The first kappa shape index (κ1) is 20.5. The number of carbonyl (C=O) groups is 1. The lowest BCUT2D eigenvalue weighted by atomic mass is 10.1. The number of nitriles is 1. The summed E-state index contributed by atoms with van der Waals surface area (Å²) in [5, 5.41) is 14.3. The molecule has 9 nitrogen and oxygen atoms in total. The number of amides is 1. The molecule has 1 amide bonds. The van der Waals surface area contributed by atoms with Gasteiger partial charge in [0.05, 0.1) is 17.6 Å². The number of primary amides is 1. The number of rotatable bonds is 5. The first-order chi connectivity index (χ1) is 15.0. The summed E-state index contributed by atoms with van der Waals surface area (Å²) < 4.78 is 7.31. The van der Waals surface area contributed by atoms with Crippen molar-refractivity contribution in [3.8, 4) is 29.1 Å². The van der Waals surface area contributed by atoms with Crippen molar-refractivity contribution >= 4 is 23.3 Å². The van der Waals surface area contributed by atoms with Crippen LogP contribution in [0.25, 0.3) is 11.3 Å². The summed E-state index contributed by atoms with van der Waals surface area (Å²) in [6, 6.07) is 10.3. The molecule has 3 heterocycles. The van der Waals surface area contributed by atoms with E-state index in [-0.39, 0.29) is 17.4 Å². The number of piperidine rings is 1. The van der Waals surface area contributed by atoms with Crippen molar-refractivity contribution in [3.63, 3.8) is 0 Å². The molecule has 0 aliphatic carbocycles. The van der Waals surface area contributed by atoms with Gasteiger partial charge in [0, 0.05) is 24.4 Å². The zero-order chi connectivity index (χ0) is 22.0. The van der Waals surface area contributed by atoms with Gasteiger partial charge in [-0.1, -0.05) is 11.6 Å². The zero-order valence-corrected chi connectivity index (χ0v) is 17.3. The fraction of sp³-hybridized carbons (Fsp3) is 0.238. The van der Waals surface area contributed by atoms with Gasteiger partial charge >= 0.3 is 0 Å². The van der Waals surface area contributed by atoms with E-state index in [2.05, 4.69) is 16.3 Å². The SMILES string of the molecule is N#CN1CCC[C@H](n2nc(-c3ccc(Oc4ccc(Cl)cn4)cc3)c(C(N)=O)c2N)C1. The Morgan fingerprint density at radius 3 is 2.68 bits per heavy atom. The lowest BCUT2D eigenvalue weighted by Gasteiger charge is -2.29. The van der Waals surface area contributed by atoms with E-state index < -0.39 is 5.91 Å². The molecule has 10 heteroatoms. The summed E-state index contributed by atoms with van der Waals surface area (Å²) in [5.41, 5.74) is 13.1. The molecule has 31 heavy (non-hydrogen) atoms. The molecule has 1 aromatic carbocycles. The van der Waals surface area contributed by atoms with E-state index in [0.717, 1.165) is 12.8 Å². The summed E-state index contributed by atoms with van der Waals surface area (Å²) in [6.07, 6.45) is 5.31. The molecule has 1 fully saturated rings. The van der Waals surface area contributed by atoms with E-state index in [9.17, 15) is 10.1 Å². The summed E-state index contributed by atoms with van der Waals surface area (Å²) in [6.45, 7) is 1.19. The molecule has 0 unspecified atom stereocenters. The summed E-state index contributed by atoms with van der Waals surface area (Å²) in [4.78, 5) is 17.9. The highest BCUT2D eigenvalue weighted by Crippen LogP contribution is 2.33. The third-order valence-corrected chi connectivity index (χ3v) is 5.35. The van der Waals surface area contributed by atoms with Gasteiger partial charge in [0.1, 0.15) is 22.8 Å². The van der Waals surface area contributed by atoms with Crippen LogP contribution in [-0.4, -0.2) is 38.7 Å². The summed E-state index contributed by atoms with van der Waals surface area (Å²) in [7, 11) is 0. The maximum absolute atomic E-state index is 12.2. The molecule has 0 bridgehead atoms. The second kappa shape index (κ2) is 8.53. The Morgan fingerprint density at radius 2 is 2.03 bits per heavy atom. The molecule has 1 aliphatic heterocycles. The predicted octanol–water partition coefficient (Wildman–Crippen LogP) is 3.19. The first-order valence-corrected chi connectivity index (χ1v) is 10.1. The highest BCUT2D eigenvalue weighted by molar-refractivity contribution is 6.30. The van der Waals surface area contributed by atoms with Crippen molar-refractivity contribution in [2.75, 3.05) is 18.8 Å². The van der Waals surface area contributed by atoms with Crippen LogP contribution in [0.4, 0.5) is 5.82 Å². The van der Waals surface area contributed by atoms with E-state index in [1.807, 2.05) is 0 Å². The molecule has 4 N–H and O–H groups in total. The molecule has 158 valence electrons. The van der Waals surface area contributed by atoms with Crippen LogP contribution in [0, 0.1) is 11.5 Å². The van der Waals surface area contributed by atoms with Crippen LogP contribution in [0.5, 0.6) is 11.6 Å². The van der Waals surface area contributed by atoms with E-state index in [4.69, 9.17) is 27.8 Å². The monoisotopic (exact) mass is 437 g/mol.